The van der Waals surface area contributed by atoms with Crippen molar-refractivity contribution in [3.8, 4) is 0 Å². The van der Waals surface area contributed by atoms with E-state index < -0.39 is 5.97 Å². The van der Waals surface area contributed by atoms with Crippen molar-refractivity contribution in [3.05, 3.63) is 64.2 Å². The summed E-state index contributed by atoms with van der Waals surface area (Å²) < 4.78 is 0. The number of hydrogen-bond acceptors (Lipinski definition) is 2. The molecular weight excluding hydrogens is 320 g/mol. The Balaban J connectivity index is 1.89. The van der Waals surface area contributed by atoms with Crippen LogP contribution in [0.3, 0.4) is 0 Å². The molecule has 3 N–H and O–H groups in total. The quantitative estimate of drug-likeness (QED) is 0.742. The SMILES string of the molecule is Cc1ccc(NC(=S)NCc2ccc(C(=O)O)cc2)cc1Cl. The lowest BCUT2D eigenvalue weighted by Gasteiger charge is -2.11. The fourth-order valence-corrected chi connectivity index (χ4v) is 2.16. The Morgan fingerprint density at radius 1 is 1.23 bits per heavy atom. The average Bonchev–Trinajstić information content (AvgIpc) is 2.49. The molecule has 0 aliphatic rings. The maximum Gasteiger partial charge on any atom is 0.335 e. The van der Waals surface area contributed by atoms with Gasteiger partial charge in [-0.3, -0.25) is 0 Å². The Hall–Kier alpha value is -2.11. The molecule has 0 aromatic heterocycles. The van der Waals surface area contributed by atoms with E-state index in [4.69, 9.17) is 28.9 Å². The van der Waals surface area contributed by atoms with Gasteiger partial charge in [0.2, 0.25) is 0 Å². The van der Waals surface area contributed by atoms with Gasteiger partial charge < -0.3 is 15.7 Å². The van der Waals surface area contributed by atoms with Crippen LogP contribution in [0.5, 0.6) is 0 Å². The smallest absolute Gasteiger partial charge is 0.335 e. The molecule has 2 rings (SSSR count). The van der Waals surface area contributed by atoms with Crippen LogP contribution in [-0.2, 0) is 6.54 Å². The summed E-state index contributed by atoms with van der Waals surface area (Å²) in [5.74, 6) is -0.937. The van der Waals surface area contributed by atoms with E-state index in [0.29, 0.717) is 16.7 Å². The third-order valence-corrected chi connectivity index (χ3v) is 3.74. The van der Waals surface area contributed by atoms with Crippen molar-refractivity contribution < 1.29 is 9.90 Å². The van der Waals surface area contributed by atoms with Crippen molar-refractivity contribution in [1.29, 1.82) is 0 Å². The molecule has 22 heavy (non-hydrogen) atoms. The highest BCUT2D eigenvalue weighted by molar-refractivity contribution is 7.80. The van der Waals surface area contributed by atoms with Gasteiger partial charge in [-0.15, -0.1) is 0 Å². The van der Waals surface area contributed by atoms with E-state index >= 15 is 0 Å². The van der Waals surface area contributed by atoms with Crippen molar-refractivity contribution in [1.82, 2.24) is 5.32 Å². The molecule has 0 aliphatic heterocycles. The fraction of sp³-hybridized carbons (Fsp3) is 0.125. The van der Waals surface area contributed by atoms with Gasteiger partial charge in [-0.05, 0) is 54.5 Å². The van der Waals surface area contributed by atoms with Gasteiger partial charge in [0, 0.05) is 17.3 Å². The summed E-state index contributed by atoms with van der Waals surface area (Å²) in [5, 5.41) is 16.1. The minimum absolute atomic E-state index is 0.263. The van der Waals surface area contributed by atoms with Crippen LogP contribution < -0.4 is 10.6 Å². The molecule has 0 bridgehead atoms. The number of aryl methyl sites for hydroxylation is 1. The first-order chi connectivity index (χ1) is 10.5. The van der Waals surface area contributed by atoms with E-state index in [1.54, 1.807) is 24.3 Å². The normalized spacial score (nSPS) is 10.1. The van der Waals surface area contributed by atoms with Crippen LogP contribution in [0.1, 0.15) is 21.5 Å². The molecule has 0 radical (unpaired) electrons. The van der Waals surface area contributed by atoms with Gasteiger partial charge in [0.05, 0.1) is 5.56 Å². The molecule has 0 fully saturated rings. The highest BCUT2D eigenvalue weighted by atomic mass is 35.5. The van der Waals surface area contributed by atoms with Crippen LogP contribution in [0.15, 0.2) is 42.5 Å². The predicted octanol–water partition coefficient (Wildman–Crippen LogP) is 3.83. The molecule has 6 heteroatoms. The Morgan fingerprint density at radius 2 is 1.91 bits per heavy atom. The van der Waals surface area contributed by atoms with Crippen molar-refractivity contribution in [2.24, 2.45) is 0 Å². The van der Waals surface area contributed by atoms with Gasteiger partial charge in [0.1, 0.15) is 0 Å². The molecule has 0 amide bonds. The predicted molar refractivity (Wildman–Crippen MR) is 92.7 cm³/mol. The van der Waals surface area contributed by atoms with Gasteiger partial charge in [-0.2, -0.15) is 0 Å². The zero-order valence-electron chi connectivity index (χ0n) is 11.9. The summed E-state index contributed by atoms with van der Waals surface area (Å²) in [5.41, 5.74) is 3.02. The molecule has 0 unspecified atom stereocenters. The molecule has 0 aliphatic carbocycles. The van der Waals surface area contributed by atoms with Gasteiger partial charge in [0.25, 0.3) is 0 Å². The first-order valence-electron chi connectivity index (χ1n) is 6.59. The number of carboxylic acid groups (broad SMARTS) is 1. The standard InChI is InChI=1S/C16H15ClN2O2S/c1-10-2-7-13(8-14(10)17)19-16(22)18-9-11-3-5-12(6-4-11)15(20)21/h2-8H,9H2,1H3,(H,20,21)(H2,18,19,22). The summed E-state index contributed by atoms with van der Waals surface area (Å²) in [4.78, 5) is 10.8. The Morgan fingerprint density at radius 3 is 2.50 bits per heavy atom. The summed E-state index contributed by atoms with van der Waals surface area (Å²) in [6.45, 7) is 2.44. The second-order valence-corrected chi connectivity index (χ2v) is 5.59. The topological polar surface area (TPSA) is 61.4 Å². The van der Waals surface area contributed by atoms with Crippen molar-refractivity contribution >= 4 is 40.6 Å². The first-order valence-corrected chi connectivity index (χ1v) is 7.37. The Bertz CT molecular complexity index is 702. The number of carbonyl (C=O) groups is 1. The lowest BCUT2D eigenvalue weighted by atomic mass is 10.1. The molecule has 0 atom stereocenters. The van der Waals surface area contributed by atoms with E-state index in [1.807, 2.05) is 25.1 Å². The largest absolute Gasteiger partial charge is 0.478 e. The molecular formula is C16H15ClN2O2S. The second kappa shape index (κ2) is 7.24. The van der Waals surface area contributed by atoms with Crippen LogP contribution in [-0.4, -0.2) is 16.2 Å². The molecule has 2 aromatic carbocycles. The summed E-state index contributed by atoms with van der Waals surface area (Å²) in [6.07, 6.45) is 0. The van der Waals surface area contributed by atoms with Gasteiger partial charge >= 0.3 is 5.97 Å². The maximum atomic E-state index is 10.8. The highest BCUT2D eigenvalue weighted by Gasteiger charge is 2.03. The summed E-state index contributed by atoms with van der Waals surface area (Å²) >= 11 is 11.3. The molecule has 0 heterocycles. The number of thiocarbonyl (C=S) groups is 1. The van der Waals surface area contributed by atoms with Gasteiger partial charge in [-0.1, -0.05) is 29.8 Å². The van der Waals surface area contributed by atoms with E-state index in [2.05, 4.69) is 10.6 Å². The Kier molecular flexibility index (Phi) is 5.35. The van der Waals surface area contributed by atoms with Crippen LogP contribution in [0.4, 0.5) is 5.69 Å². The highest BCUT2D eigenvalue weighted by Crippen LogP contribution is 2.19. The van der Waals surface area contributed by atoms with Crippen LogP contribution in [0.2, 0.25) is 5.02 Å². The number of aromatic carboxylic acids is 1. The maximum absolute atomic E-state index is 10.8. The molecule has 114 valence electrons. The third kappa shape index (κ3) is 4.44. The average molecular weight is 335 g/mol. The minimum Gasteiger partial charge on any atom is -0.478 e. The summed E-state index contributed by atoms with van der Waals surface area (Å²) in [6, 6.07) is 12.3. The van der Waals surface area contributed by atoms with Gasteiger partial charge in [0.15, 0.2) is 5.11 Å². The zero-order chi connectivity index (χ0) is 16.1. The van der Waals surface area contributed by atoms with E-state index in [0.717, 1.165) is 16.8 Å². The number of anilines is 1. The monoisotopic (exact) mass is 334 g/mol. The number of rotatable bonds is 4. The fourth-order valence-electron chi connectivity index (χ4n) is 1.79. The lowest BCUT2D eigenvalue weighted by Crippen LogP contribution is -2.27. The lowest BCUT2D eigenvalue weighted by molar-refractivity contribution is 0.0697. The van der Waals surface area contributed by atoms with Crippen LogP contribution in [0, 0.1) is 6.92 Å². The molecule has 2 aromatic rings. The number of hydrogen-bond donors (Lipinski definition) is 3. The second-order valence-electron chi connectivity index (χ2n) is 4.77. The van der Waals surface area contributed by atoms with Crippen LogP contribution >= 0.6 is 23.8 Å². The van der Waals surface area contributed by atoms with E-state index in [9.17, 15) is 4.79 Å². The zero-order valence-corrected chi connectivity index (χ0v) is 13.5. The van der Waals surface area contributed by atoms with E-state index in [-0.39, 0.29) is 5.56 Å². The van der Waals surface area contributed by atoms with Crippen LogP contribution in [0.25, 0.3) is 0 Å². The molecule has 4 nitrogen and oxygen atoms in total. The first kappa shape index (κ1) is 16.3. The number of benzene rings is 2. The Labute approximate surface area is 139 Å². The van der Waals surface area contributed by atoms with Crippen molar-refractivity contribution in [3.63, 3.8) is 0 Å². The minimum atomic E-state index is -0.937. The number of halogens is 1. The molecule has 0 saturated heterocycles. The number of carboxylic acids is 1. The van der Waals surface area contributed by atoms with E-state index in [1.165, 1.54) is 0 Å². The summed E-state index contributed by atoms with van der Waals surface area (Å²) in [7, 11) is 0. The third-order valence-electron chi connectivity index (χ3n) is 3.08. The van der Waals surface area contributed by atoms with Crippen molar-refractivity contribution in [2.45, 2.75) is 13.5 Å². The molecule has 0 spiro atoms. The van der Waals surface area contributed by atoms with Crippen molar-refractivity contribution in [2.75, 3.05) is 5.32 Å². The molecule has 0 saturated carbocycles. The number of nitrogens with one attached hydrogen (secondary N) is 2. The van der Waals surface area contributed by atoms with Gasteiger partial charge in [-0.25, -0.2) is 4.79 Å².